The van der Waals surface area contributed by atoms with E-state index >= 15 is 0 Å². The molecule has 1 rings (SSSR count). The number of carbonyl (C=O) groups excluding carboxylic acids is 1. The zero-order valence-electron chi connectivity index (χ0n) is 10.0. The summed E-state index contributed by atoms with van der Waals surface area (Å²) in [6.45, 7) is 0. The van der Waals surface area contributed by atoms with Gasteiger partial charge < -0.3 is 19.9 Å². The van der Waals surface area contributed by atoms with Gasteiger partial charge in [0, 0.05) is 11.6 Å². The van der Waals surface area contributed by atoms with E-state index < -0.39 is 0 Å². The molecular weight excluding hydrogens is 222 g/mol. The molecule has 0 spiro atoms. The molecule has 5 nitrogen and oxygen atoms in total. The largest absolute Gasteiger partial charge is 0.493 e. The summed E-state index contributed by atoms with van der Waals surface area (Å²) in [5.41, 5.74) is 5.59. The third-order valence-electron chi connectivity index (χ3n) is 2.20. The molecule has 0 fully saturated rings. The van der Waals surface area contributed by atoms with E-state index in [0.717, 1.165) is 0 Å². The Morgan fingerprint density at radius 3 is 2.00 bits per heavy atom. The molecule has 0 heterocycles. The molecular formula is C12H15NO4. The maximum Gasteiger partial charge on any atom is 0.203 e. The van der Waals surface area contributed by atoms with Crippen LogP contribution in [0.2, 0.25) is 0 Å². The van der Waals surface area contributed by atoms with E-state index in [4.69, 9.17) is 19.9 Å². The number of hydrogen-bond acceptors (Lipinski definition) is 5. The van der Waals surface area contributed by atoms with Gasteiger partial charge in [0.25, 0.3) is 0 Å². The highest BCUT2D eigenvalue weighted by atomic mass is 16.5. The minimum atomic E-state index is -0.230. The van der Waals surface area contributed by atoms with Crippen LogP contribution in [-0.2, 0) is 0 Å². The third-order valence-corrected chi connectivity index (χ3v) is 2.20. The summed E-state index contributed by atoms with van der Waals surface area (Å²) in [4.78, 5) is 11.7. The fourth-order valence-electron chi connectivity index (χ4n) is 1.41. The molecule has 2 N–H and O–H groups in total. The molecule has 0 saturated heterocycles. The number of allylic oxidation sites excluding steroid dienone is 1. The molecule has 0 amide bonds. The number of rotatable bonds is 5. The van der Waals surface area contributed by atoms with Crippen molar-refractivity contribution in [3.05, 3.63) is 30.0 Å². The minimum Gasteiger partial charge on any atom is -0.493 e. The maximum absolute atomic E-state index is 11.7. The Morgan fingerprint density at radius 2 is 1.65 bits per heavy atom. The predicted molar refractivity (Wildman–Crippen MR) is 63.8 cm³/mol. The number of ketones is 1. The van der Waals surface area contributed by atoms with Crippen molar-refractivity contribution >= 4 is 5.78 Å². The van der Waals surface area contributed by atoms with Crippen LogP contribution in [-0.4, -0.2) is 27.1 Å². The van der Waals surface area contributed by atoms with Crippen LogP contribution >= 0.6 is 0 Å². The first-order valence-corrected chi connectivity index (χ1v) is 4.90. The average Bonchev–Trinajstić information content (AvgIpc) is 2.37. The van der Waals surface area contributed by atoms with Crippen molar-refractivity contribution < 1.29 is 19.0 Å². The second-order valence-electron chi connectivity index (χ2n) is 3.14. The zero-order valence-corrected chi connectivity index (χ0v) is 10.0. The van der Waals surface area contributed by atoms with Gasteiger partial charge in [-0.3, -0.25) is 4.79 Å². The molecule has 0 radical (unpaired) electrons. The Kier molecular flexibility index (Phi) is 4.39. The van der Waals surface area contributed by atoms with Crippen molar-refractivity contribution in [3.8, 4) is 17.2 Å². The van der Waals surface area contributed by atoms with Crippen LogP contribution in [0.15, 0.2) is 24.4 Å². The van der Waals surface area contributed by atoms with Crippen molar-refractivity contribution in [3.63, 3.8) is 0 Å². The fraction of sp³-hybridized carbons (Fsp3) is 0.250. The molecule has 0 aromatic heterocycles. The van der Waals surface area contributed by atoms with E-state index in [0.29, 0.717) is 22.8 Å². The van der Waals surface area contributed by atoms with Gasteiger partial charge in [0.2, 0.25) is 5.75 Å². The molecule has 0 saturated carbocycles. The molecule has 0 atom stereocenters. The molecule has 1 aromatic rings. The van der Waals surface area contributed by atoms with Crippen molar-refractivity contribution in [1.29, 1.82) is 0 Å². The van der Waals surface area contributed by atoms with E-state index in [9.17, 15) is 4.79 Å². The second-order valence-corrected chi connectivity index (χ2v) is 3.14. The predicted octanol–water partition coefficient (Wildman–Crippen LogP) is 1.37. The maximum atomic E-state index is 11.7. The van der Waals surface area contributed by atoms with E-state index in [1.54, 1.807) is 12.1 Å². The summed E-state index contributed by atoms with van der Waals surface area (Å²) in [6.07, 6.45) is 2.45. The molecule has 0 aliphatic carbocycles. The number of ether oxygens (including phenoxy) is 3. The Labute approximate surface area is 99.8 Å². The van der Waals surface area contributed by atoms with Gasteiger partial charge >= 0.3 is 0 Å². The smallest absolute Gasteiger partial charge is 0.203 e. The van der Waals surface area contributed by atoms with Crippen LogP contribution in [0.1, 0.15) is 10.4 Å². The van der Waals surface area contributed by atoms with Gasteiger partial charge in [-0.05, 0) is 18.3 Å². The molecule has 0 aliphatic rings. The summed E-state index contributed by atoms with van der Waals surface area (Å²) in [5, 5.41) is 0. The summed E-state index contributed by atoms with van der Waals surface area (Å²) in [7, 11) is 4.48. The van der Waals surface area contributed by atoms with Gasteiger partial charge in [-0.15, -0.1) is 0 Å². The summed E-state index contributed by atoms with van der Waals surface area (Å²) in [5.74, 6) is 1.08. The Balaban J connectivity index is 3.31. The van der Waals surface area contributed by atoms with Crippen molar-refractivity contribution in [2.45, 2.75) is 0 Å². The van der Waals surface area contributed by atoms with Crippen LogP contribution < -0.4 is 19.9 Å². The van der Waals surface area contributed by atoms with Crippen molar-refractivity contribution in [2.75, 3.05) is 21.3 Å². The molecule has 0 bridgehead atoms. The lowest BCUT2D eigenvalue weighted by atomic mass is 10.1. The first-order valence-electron chi connectivity index (χ1n) is 4.90. The third kappa shape index (κ3) is 2.69. The summed E-state index contributed by atoms with van der Waals surface area (Å²) < 4.78 is 15.4. The summed E-state index contributed by atoms with van der Waals surface area (Å²) in [6, 6.07) is 3.15. The van der Waals surface area contributed by atoms with Crippen molar-refractivity contribution in [1.82, 2.24) is 0 Å². The fourth-order valence-corrected chi connectivity index (χ4v) is 1.41. The molecule has 1 aromatic carbocycles. The molecule has 0 unspecified atom stereocenters. The number of nitrogens with two attached hydrogens (primary N) is 1. The standard InChI is InChI=1S/C12H15NO4/c1-15-10-6-8(9(14)4-5-13)7-11(16-2)12(10)17-3/h4-7H,13H2,1-3H3. The Bertz CT molecular complexity index is 415. The van der Waals surface area contributed by atoms with Gasteiger partial charge in [-0.2, -0.15) is 0 Å². The van der Waals surface area contributed by atoms with Gasteiger partial charge in [-0.1, -0.05) is 0 Å². The van der Waals surface area contributed by atoms with Gasteiger partial charge in [-0.25, -0.2) is 0 Å². The van der Waals surface area contributed by atoms with E-state index in [2.05, 4.69) is 0 Å². The summed E-state index contributed by atoms with van der Waals surface area (Å²) >= 11 is 0. The highest BCUT2D eigenvalue weighted by molar-refractivity contribution is 6.05. The topological polar surface area (TPSA) is 70.8 Å². The van der Waals surface area contributed by atoms with Gasteiger partial charge in [0.05, 0.1) is 21.3 Å². The van der Waals surface area contributed by atoms with E-state index in [1.807, 2.05) is 0 Å². The quantitative estimate of drug-likeness (QED) is 0.618. The van der Waals surface area contributed by atoms with Crippen LogP contribution in [0.4, 0.5) is 0 Å². The van der Waals surface area contributed by atoms with Crippen molar-refractivity contribution in [2.24, 2.45) is 5.73 Å². The van der Waals surface area contributed by atoms with Crippen LogP contribution in [0.3, 0.4) is 0 Å². The Morgan fingerprint density at radius 1 is 1.12 bits per heavy atom. The number of methoxy groups -OCH3 is 3. The monoisotopic (exact) mass is 237 g/mol. The van der Waals surface area contributed by atoms with Gasteiger partial charge in [0.15, 0.2) is 17.3 Å². The minimum absolute atomic E-state index is 0.230. The average molecular weight is 237 g/mol. The van der Waals surface area contributed by atoms with E-state index in [-0.39, 0.29) is 5.78 Å². The van der Waals surface area contributed by atoms with Crippen LogP contribution in [0.5, 0.6) is 17.2 Å². The second kappa shape index (κ2) is 5.79. The normalized spacial score (nSPS) is 10.3. The van der Waals surface area contributed by atoms with Gasteiger partial charge in [0.1, 0.15) is 0 Å². The number of hydrogen-bond donors (Lipinski definition) is 1. The highest BCUT2D eigenvalue weighted by Gasteiger charge is 2.15. The molecule has 17 heavy (non-hydrogen) atoms. The first-order chi connectivity index (χ1) is 8.17. The zero-order chi connectivity index (χ0) is 12.8. The molecule has 92 valence electrons. The van der Waals surface area contributed by atoms with Crippen LogP contribution in [0, 0.1) is 0 Å². The van der Waals surface area contributed by atoms with Crippen LogP contribution in [0.25, 0.3) is 0 Å². The van der Waals surface area contributed by atoms with E-state index in [1.165, 1.54) is 33.6 Å². The number of benzene rings is 1. The SMILES string of the molecule is COc1cc(C(=O)C=CN)cc(OC)c1OC. The lowest BCUT2D eigenvalue weighted by Gasteiger charge is -2.13. The lowest BCUT2D eigenvalue weighted by Crippen LogP contribution is -2.01. The highest BCUT2D eigenvalue weighted by Crippen LogP contribution is 2.38. The Hall–Kier alpha value is -2.17. The number of carbonyl (C=O) groups is 1. The molecule has 5 heteroatoms. The lowest BCUT2D eigenvalue weighted by molar-refractivity contribution is 0.104. The first kappa shape index (κ1) is 12.9. The molecule has 0 aliphatic heterocycles.